The number of aromatic nitrogens is 1. The van der Waals surface area contributed by atoms with Crippen molar-refractivity contribution in [3.8, 4) is 5.75 Å². The molecule has 3 aliphatic rings. The Morgan fingerprint density at radius 2 is 1.90 bits per heavy atom. The minimum absolute atomic E-state index is 0.00829. The van der Waals surface area contributed by atoms with Gasteiger partial charge in [0.25, 0.3) is 5.91 Å². The number of phenolic OH excluding ortho intramolecular Hbond substituents is 1. The molecule has 4 atom stereocenters. The number of Topliss-reactive ketones (excluding diaryl/α,β-unsaturated/α-hetero) is 2. The summed E-state index contributed by atoms with van der Waals surface area (Å²) in [6.07, 6.45) is 2.25. The maximum atomic E-state index is 13.8. The van der Waals surface area contributed by atoms with Crippen molar-refractivity contribution in [2.45, 2.75) is 37.6 Å². The number of hydrogen-bond donors (Lipinski definition) is 6. The average molecular weight is 537 g/mol. The fourth-order valence-corrected chi connectivity index (χ4v) is 6.49. The van der Waals surface area contributed by atoms with E-state index in [4.69, 9.17) is 5.73 Å². The highest BCUT2D eigenvalue weighted by molar-refractivity contribution is 6.24. The number of nitrogens with two attached hydrogens (primary N) is 1. The number of amides is 1. The zero-order chi connectivity index (χ0) is 28.4. The van der Waals surface area contributed by atoms with Crippen molar-refractivity contribution in [1.29, 1.82) is 0 Å². The minimum atomic E-state index is -2.64. The monoisotopic (exact) mass is 536 g/mol. The third-order valence-electron chi connectivity index (χ3n) is 8.38. The lowest BCUT2D eigenvalue weighted by Gasteiger charge is -2.50. The number of nitrogens with one attached hydrogen (secondary N) is 1. The number of carbonyl (C=O) groups is 3. The fourth-order valence-electron chi connectivity index (χ4n) is 6.49. The SMILES string of the molecule is CN(C)[C@@H]1C(O)=C(C(N)=O)C(=O)[C@@]2(O)C(O)=C3C(=O)c4c(O)ccc(CNCc5cccn5C)c4C[C@H]3C[C@@H]12. The number of hydrogen-bond acceptors (Lipinski definition) is 9. The van der Waals surface area contributed by atoms with Gasteiger partial charge in [-0.1, -0.05) is 6.07 Å². The number of nitrogens with zero attached hydrogens (tertiary/aromatic N) is 2. The molecule has 0 spiro atoms. The van der Waals surface area contributed by atoms with Crippen LogP contribution in [0.4, 0.5) is 0 Å². The first-order valence-corrected chi connectivity index (χ1v) is 12.7. The first-order valence-electron chi connectivity index (χ1n) is 12.7. The predicted octanol–water partition coefficient (Wildman–Crippen LogP) is 0.749. The van der Waals surface area contributed by atoms with Gasteiger partial charge in [-0.2, -0.15) is 0 Å². The highest BCUT2D eigenvalue weighted by Gasteiger charge is 2.63. The summed E-state index contributed by atoms with van der Waals surface area (Å²) in [5.41, 5.74) is 4.22. The standard InChI is InChI=1S/C28H32N4O7/c1-31(2)22-17-10-14-9-16-13(11-30-12-15-5-4-8-32(15)3)6-7-18(33)20(16)23(34)19(14)25(36)28(17,39)26(37)21(24(22)35)27(29)38/h4-8,14,17,22,30,33,35-36,39H,9-12H2,1-3H3,(H2,29,38)/t14-,17-,22-,28-/m0/s1. The lowest BCUT2D eigenvalue weighted by Crippen LogP contribution is -2.63. The van der Waals surface area contributed by atoms with Crippen LogP contribution in [0, 0.1) is 11.8 Å². The summed E-state index contributed by atoms with van der Waals surface area (Å²) in [5.74, 6) is -6.58. The second kappa shape index (κ2) is 9.37. The third kappa shape index (κ3) is 3.88. The second-order valence-corrected chi connectivity index (χ2v) is 10.8. The van der Waals surface area contributed by atoms with Gasteiger partial charge in [0.15, 0.2) is 11.4 Å². The van der Waals surface area contributed by atoms with Crippen LogP contribution in [0.1, 0.15) is 33.6 Å². The van der Waals surface area contributed by atoms with E-state index in [1.54, 1.807) is 20.2 Å². The topological polar surface area (TPSA) is 178 Å². The number of aromatic hydroxyl groups is 1. The molecule has 3 aliphatic carbocycles. The van der Waals surface area contributed by atoms with E-state index in [-0.39, 0.29) is 29.7 Å². The van der Waals surface area contributed by atoms with Gasteiger partial charge in [-0.15, -0.1) is 0 Å². The number of fused-ring (bicyclic) bond motifs is 3. The Hall–Kier alpha value is -3.93. The van der Waals surface area contributed by atoms with E-state index in [9.17, 15) is 34.8 Å². The van der Waals surface area contributed by atoms with Gasteiger partial charge in [0.05, 0.1) is 11.6 Å². The Morgan fingerprint density at radius 1 is 1.18 bits per heavy atom. The molecule has 1 aromatic heterocycles. The highest BCUT2D eigenvalue weighted by Crippen LogP contribution is 2.52. The molecule has 1 aromatic carbocycles. The van der Waals surface area contributed by atoms with E-state index in [1.165, 1.54) is 11.0 Å². The van der Waals surface area contributed by atoms with E-state index in [0.717, 1.165) is 11.3 Å². The average Bonchev–Trinajstić information content (AvgIpc) is 3.26. The van der Waals surface area contributed by atoms with E-state index in [2.05, 4.69) is 5.32 Å². The van der Waals surface area contributed by atoms with Crippen molar-refractivity contribution in [2.24, 2.45) is 24.6 Å². The third-order valence-corrected chi connectivity index (χ3v) is 8.38. The Labute approximate surface area is 224 Å². The van der Waals surface area contributed by atoms with Crippen LogP contribution in [-0.2, 0) is 36.1 Å². The Balaban J connectivity index is 1.57. The molecule has 5 rings (SSSR count). The zero-order valence-electron chi connectivity index (χ0n) is 21.9. The van der Waals surface area contributed by atoms with Crippen molar-refractivity contribution in [3.63, 3.8) is 0 Å². The smallest absolute Gasteiger partial charge is 0.255 e. The lowest BCUT2D eigenvalue weighted by atomic mass is 9.58. The molecule has 0 bridgehead atoms. The number of aliphatic hydroxyl groups is 3. The van der Waals surface area contributed by atoms with Crippen molar-refractivity contribution < 1.29 is 34.8 Å². The largest absolute Gasteiger partial charge is 0.510 e. The van der Waals surface area contributed by atoms with Gasteiger partial charge >= 0.3 is 0 Å². The van der Waals surface area contributed by atoms with Gasteiger partial charge in [0.2, 0.25) is 5.78 Å². The molecule has 11 heteroatoms. The molecule has 0 aliphatic heterocycles. The van der Waals surface area contributed by atoms with Crippen molar-refractivity contribution in [2.75, 3.05) is 14.1 Å². The number of aliphatic hydroxyl groups excluding tert-OH is 2. The summed E-state index contributed by atoms with van der Waals surface area (Å²) >= 11 is 0. The highest BCUT2D eigenvalue weighted by atomic mass is 16.3. The van der Waals surface area contributed by atoms with Gasteiger partial charge in [-0.05, 0) is 62.2 Å². The molecule has 39 heavy (non-hydrogen) atoms. The molecule has 0 radical (unpaired) electrons. The van der Waals surface area contributed by atoms with Crippen molar-refractivity contribution in [1.82, 2.24) is 14.8 Å². The Kier molecular flexibility index (Phi) is 6.41. The van der Waals surface area contributed by atoms with Crippen LogP contribution < -0.4 is 11.1 Å². The minimum Gasteiger partial charge on any atom is -0.510 e. The van der Waals surface area contributed by atoms with Gasteiger partial charge in [-0.25, -0.2) is 0 Å². The molecule has 206 valence electrons. The number of rotatable bonds is 6. The molecule has 1 amide bonds. The molecule has 2 aromatic rings. The number of phenols is 1. The molecular weight excluding hydrogens is 504 g/mol. The first kappa shape index (κ1) is 26.7. The number of aryl methyl sites for hydroxylation is 1. The quantitative estimate of drug-likeness (QED) is 0.291. The molecule has 7 N–H and O–H groups in total. The number of likely N-dealkylation sites (N-methyl/N-ethyl adjacent to an activating group) is 1. The molecule has 0 unspecified atom stereocenters. The number of ketones is 2. The molecule has 0 fully saturated rings. The first-order chi connectivity index (χ1) is 18.4. The van der Waals surface area contributed by atoms with Crippen LogP contribution in [0.2, 0.25) is 0 Å². The van der Waals surface area contributed by atoms with Crippen LogP contribution in [0.3, 0.4) is 0 Å². The Bertz CT molecular complexity index is 1470. The second-order valence-electron chi connectivity index (χ2n) is 10.8. The van der Waals surface area contributed by atoms with E-state index >= 15 is 0 Å². The van der Waals surface area contributed by atoms with Gasteiger partial charge < -0.3 is 36.0 Å². The lowest BCUT2D eigenvalue weighted by molar-refractivity contribution is -0.148. The van der Waals surface area contributed by atoms with Crippen LogP contribution in [-0.4, -0.2) is 73.1 Å². The van der Waals surface area contributed by atoms with Crippen LogP contribution in [0.15, 0.2) is 53.1 Å². The summed E-state index contributed by atoms with van der Waals surface area (Å²) in [5, 5.41) is 47.9. The maximum Gasteiger partial charge on any atom is 0.255 e. The zero-order valence-corrected chi connectivity index (χ0v) is 21.9. The van der Waals surface area contributed by atoms with Crippen LogP contribution in [0.5, 0.6) is 5.75 Å². The normalized spacial score (nSPS) is 26.5. The molecule has 0 saturated carbocycles. The van der Waals surface area contributed by atoms with Crippen LogP contribution >= 0.6 is 0 Å². The summed E-state index contributed by atoms with van der Waals surface area (Å²) in [6.45, 7) is 0.995. The van der Waals surface area contributed by atoms with E-state index in [0.29, 0.717) is 18.7 Å². The maximum absolute atomic E-state index is 13.8. The van der Waals surface area contributed by atoms with Crippen molar-refractivity contribution >= 4 is 17.5 Å². The number of carbonyl (C=O) groups excluding carboxylic acids is 3. The summed E-state index contributed by atoms with van der Waals surface area (Å²) < 4.78 is 1.99. The van der Waals surface area contributed by atoms with Gasteiger partial charge in [0, 0.05) is 43.5 Å². The summed E-state index contributed by atoms with van der Waals surface area (Å²) in [6, 6.07) is 6.07. The molecule has 0 saturated heterocycles. The Morgan fingerprint density at radius 3 is 2.51 bits per heavy atom. The summed E-state index contributed by atoms with van der Waals surface area (Å²) in [4.78, 5) is 40.7. The number of primary amides is 1. The number of benzene rings is 1. The molecular formula is C28H32N4O7. The van der Waals surface area contributed by atoms with Gasteiger partial charge in [0.1, 0.15) is 22.8 Å². The number of allylic oxidation sites excluding steroid dienone is 1. The summed E-state index contributed by atoms with van der Waals surface area (Å²) in [7, 11) is 5.14. The molecule has 1 heterocycles. The van der Waals surface area contributed by atoms with E-state index < -0.39 is 58.0 Å². The van der Waals surface area contributed by atoms with Crippen molar-refractivity contribution in [3.05, 3.63) is 75.5 Å². The van der Waals surface area contributed by atoms with E-state index in [1.807, 2.05) is 29.9 Å². The molecule has 11 nitrogen and oxygen atoms in total. The predicted molar refractivity (Wildman–Crippen MR) is 140 cm³/mol. The van der Waals surface area contributed by atoms with Crippen LogP contribution in [0.25, 0.3) is 0 Å². The van der Waals surface area contributed by atoms with Gasteiger partial charge in [-0.3, -0.25) is 19.3 Å². The fraction of sp³-hybridized carbons (Fsp3) is 0.393.